The standard InChI is InChI=1S/C9H20N2O2/c1-3-8(6-12)11-9(13)7(2)4-5-10/h7-8,12H,3-6,10H2,1-2H3,(H,11,13)/t7?,8-/m1/s1. The molecule has 0 aromatic rings. The number of rotatable bonds is 6. The van der Waals surface area contributed by atoms with Gasteiger partial charge >= 0.3 is 0 Å². The van der Waals surface area contributed by atoms with Crippen molar-refractivity contribution in [2.24, 2.45) is 11.7 Å². The van der Waals surface area contributed by atoms with Crippen molar-refractivity contribution in [3.63, 3.8) is 0 Å². The molecule has 0 heterocycles. The van der Waals surface area contributed by atoms with Gasteiger partial charge in [-0.2, -0.15) is 0 Å². The molecule has 0 saturated carbocycles. The van der Waals surface area contributed by atoms with Crippen molar-refractivity contribution >= 4 is 5.91 Å². The minimum Gasteiger partial charge on any atom is -0.394 e. The second-order valence-electron chi connectivity index (χ2n) is 3.27. The largest absolute Gasteiger partial charge is 0.394 e. The summed E-state index contributed by atoms with van der Waals surface area (Å²) in [7, 11) is 0. The van der Waals surface area contributed by atoms with Gasteiger partial charge in [-0.3, -0.25) is 4.79 Å². The summed E-state index contributed by atoms with van der Waals surface area (Å²) in [6.07, 6.45) is 1.44. The van der Waals surface area contributed by atoms with E-state index in [9.17, 15) is 4.79 Å². The van der Waals surface area contributed by atoms with E-state index < -0.39 is 0 Å². The molecule has 0 saturated heterocycles. The van der Waals surface area contributed by atoms with Crippen LogP contribution < -0.4 is 11.1 Å². The van der Waals surface area contributed by atoms with Gasteiger partial charge in [0.15, 0.2) is 0 Å². The Morgan fingerprint density at radius 2 is 2.23 bits per heavy atom. The summed E-state index contributed by atoms with van der Waals surface area (Å²) in [6.45, 7) is 4.28. The maximum absolute atomic E-state index is 11.4. The Bertz CT molecular complexity index is 147. The summed E-state index contributed by atoms with van der Waals surface area (Å²) >= 11 is 0. The Morgan fingerprint density at radius 3 is 2.62 bits per heavy atom. The minimum atomic E-state index is -0.118. The van der Waals surface area contributed by atoms with Crippen LogP contribution in [-0.2, 0) is 4.79 Å². The zero-order valence-electron chi connectivity index (χ0n) is 8.42. The van der Waals surface area contributed by atoms with Crippen LogP contribution in [0.15, 0.2) is 0 Å². The Morgan fingerprint density at radius 1 is 1.62 bits per heavy atom. The quantitative estimate of drug-likeness (QED) is 0.543. The van der Waals surface area contributed by atoms with E-state index in [0.29, 0.717) is 13.0 Å². The number of nitrogens with two attached hydrogens (primary N) is 1. The van der Waals surface area contributed by atoms with Crippen LogP contribution in [0, 0.1) is 5.92 Å². The van der Waals surface area contributed by atoms with Crippen LogP contribution in [0.5, 0.6) is 0 Å². The van der Waals surface area contributed by atoms with E-state index in [4.69, 9.17) is 10.8 Å². The normalized spacial score (nSPS) is 15.1. The first-order valence-corrected chi connectivity index (χ1v) is 4.77. The van der Waals surface area contributed by atoms with Crippen molar-refractivity contribution in [3.05, 3.63) is 0 Å². The van der Waals surface area contributed by atoms with Gasteiger partial charge in [0.2, 0.25) is 5.91 Å². The molecular formula is C9H20N2O2. The lowest BCUT2D eigenvalue weighted by Gasteiger charge is -2.17. The van der Waals surface area contributed by atoms with Gasteiger partial charge in [0.25, 0.3) is 0 Å². The molecule has 0 aromatic carbocycles. The third-order valence-corrected chi connectivity index (χ3v) is 2.11. The fraction of sp³-hybridized carbons (Fsp3) is 0.889. The topological polar surface area (TPSA) is 75.3 Å². The monoisotopic (exact) mass is 188 g/mol. The van der Waals surface area contributed by atoms with Crippen molar-refractivity contribution in [1.82, 2.24) is 5.32 Å². The average molecular weight is 188 g/mol. The lowest BCUT2D eigenvalue weighted by Crippen LogP contribution is -2.40. The van der Waals surface area contributed by atoms with Crippen molar-refractivity contribution in [2.45, 2.75) is 32.7 Å². The van der Waals surface area contributed by atoms with Crippen LogP contribution in [0.25, 0.3) is 0 Å². The van der Waals surface area contributed by atoms with Crippen LogP contribution >= 0.6 is 0 Å². The molecular weight excluding hydrogens is 168 g/mol. The molecule has 1 unspecified atom stereocenters. The highest BCUT2D eigenvalue weighted by molar-refractivity contribution is 5.78. The third kappa shape index (κ3) is 4.85. The third-order valence-electron chi connectivity index (χ3n) is 2.11. The predicted octanol–water partition coefficient (Wildman–Crippen LogP) is -0.142. The molecule has 2 atom stereocenters. The molecule has 0 aliphatic carbocycles. The Kier molecular flexibility index (Phi) is 6.54. The summed E-state index contributed by atoms with van der Waals surface area (Å²) in [4.78, 5) is 11.4. The van der Waals surface area contributed by atoms with Gasteiger partial charge < -0.3 is 16.2 Å². The molecule has 0 aliphatic rings. The number of nitrogens with one attached hydrogen (secondary N) is 1. The van der Waals surface area contributed by atoms with Gasteiger partial charge in [-0.05, 0) is 19.4 Å². The zero-order chi connectivity index (χ0) is 10.3. The molecule has 0 bridgehead atoms. The van der Waals surface area contributed by atoms with Crippen LogP contribution in [0.3, 0.4) is 0 Å². The fourth-order valence-corrected chi connectivity index (χ4v) is 1.00. The molecule has 4 nitrogen and oxygen atoms in total. The molecule has 13 heavy (non-hydrogen) atoms. The van der Waals surface area contributed by atoms with Crippen molar-refractivity contribution in [2.75, 3.05) is 13.2 Å². The molecule has 0 fully saturated rings. The van der Waals surface area contributed by atoms with E-state index in [2.05, 4.69) is 5.32 Å². The summed E-state index contributed by atoms with van der Waals surface area (Å²) in [5.74, 6) is -0.0862. The first-order chi connectivity index (χ1) is 6.15. The lowest BCUT2D eigenvalue weighted by molar-refractivity contribution is -0.125. The minimum absolute atomic E-state index is 0.00240. The maximum Gasteiger partial charge on any atom is 0.223 e. The second kappa shape index (κ2) is 6.86. The number of aliphatic hydroxyl groups excluding tert-OH is 1. The van der Waals surface area contributed by atoms with Gasteiger partial charge in [0.1, 0.15) is 0 Å². The summed E-state index contributed by atoms with van der Waals surface area (Å²) in [6, 6.07) is -0.118. The van der Waals surface area contributed by atoms with E-state index in [1.54, 1.807) is 0 Å². The molecule has 0 aromatic heterocycles. The summed E-state index contributed by atoms with van der Waals surface area (Å²) < 4.78 is 0. The molecule has 78 valence electrons. The Hall–Kier alpha value is -0.610. The average Bonchev–Trinajstić information content (AvgIpc) is 2.14. The van der Waals surface area contributed by atoms with E-state index >= 15 is 0 Å². The van der Waals surface area contributed by atoms with Crippen LogP contribution in [0.2, 0.25) is 0 Å². The molecule has 0 radical (unpaired) electrons. The smallest absolute Gasteiger partial charge is 0.223 e. The first kappa shape index (κ1) is 12.4. The Balaban J connectivity index is 3.83. The molecule has 1 amide bonds. The molecule has 0 aliphatic heterocycles. The Labute approximate surface area is 79.5 Å². The van der Waals surface area contributed by atoms with Gasteiger partial charge in [0, 0.05) is 5.92 Å². The van der Waals surface area contributed by atoms with Gasteiger partial charge in [-0.15, -0.1) is 0 Å². The maximum atomic E-state index is 11.4. The highest BCUT2D eigenvalue weighted by Gasteiger charge is 2.14. The molecule has 4 N–H and O–H groups in total. The molecule has 0 spiro atoms. The number of hydrogen-bond donors (Lipinski definition) is 3. The zero-order valence-corrected chi connectivity index (χ0v) is 8.42. The van der Waals surface area contributed by atoms with Gasteiger partial charge in [-0.1, -0.05) is 13.8 Å². The van der Waals surface area contributed by atoms with Crippen LogP contribution in [0.1, 0.15) is 26.7 Å². The van der Waals surface area contributed by atoms with Crippen molar-refractivity contribution < 1.29 is 9.90 Å². The summed E-state index contributed by atoms with van der Waals surface area (Å²) in [5, 5.41) is 11.6. The van der Waals surface area contributed by atoms with Crippen molar-refractivity contribution in [1.29, 1.82) is 0 Å². The number of carbonyl (C=O) groups excluding carboxylic acids is 1. The first-order valence-electron chi connectivity index (χ1n) is 4.77. The van der Waals surface area contributed by atoms with Gasteiger partial charge in [-0.25, -0.2) is 0 Å². The van der Waals surface area contributed by atoms with Crippen LogP contribution in [0.4, 0.5) is 0 Å². The fourth-order valence-electron chi connectivity index (χ4n) is 1.00. The van der Waals surface area contributed by atoms with E-state index in [1.807, 2.05) is 13.8 Å². The number of hydrogen-bond acceptors (Lipinski definition) is 3. The highest BCUT2D eigenvalue weighted by Crippen LogP contribution is 2.01. The SMILES string of the molecule is CC[C@H](CO)NC(=O)C(C)CCN. The predicted molar refractivity (Wildman–Crippen MR) is 52.1 cm³/mol. The number of carbonyl (C=O) groups is 1. The lowest BCUT2D eigenvalue weighted by atomic mass is 10.1. The summed E-state index contributed by atoms with van der Waals surface area (Å²) in [5.41, 5.74) is 5.33. The van der Waals surface area contributed by atoms with E-state index in [0.717, 1.165) is 6.42 Å². The van der Waals surface area contributed by atoms with Crippen molar-refractivity contribution in [3.8, 4) is 0 Å². The number of amides is 1. The second-order valence-corrected chi connectivity index (χ2v) is 3.27. The molecule has 4 heteroatoms. The van der Waals surface area contributed by atoms with E-state index in [-0.39, 0.29) is 24.5 Å². The number of aliphatic hydroxyl groups is 1. The van der Waals surface area contributed by atoms with E-state index in [1.165, 1.54) is 0 Å². The van der Waals surface area contributed by atoms with Gasteiger partial charge in [0.05, 0.1) is 12.6 Å². The van der Waals surface area contributed by atoms with Crippen LogP contribution in [-0.4, -0.2) is 30.2 Å². The molecule has 0 rings (SSSR count). The highest BCUT2D eigenvalue weighted by atomic mass is 16.3.